The number of nitrogens with zero attached hydrogens (tertiary/aromatic N) is 3. The number of benzene rings is 2. The third-order valence-corrected chi connectivity index (χ3v) is 5.48. The largest absolute Gasteiger partial charge is 0.480 e. The summed E-state index contributed by atoms with van der Waals surface area (Å²) in [5.74, 6) is 0.573. The topological polar surface area (TPSA) is 62.7 Å². The van der Waals surface area contributed by atoms with E-state index in [1.807, 2.05) is 71.3 Å². The first-order valence-electron chi connectivity index (χ1n) is 10.2. The Hall–Kier alpha value is -3.41. The lowest BCUT2D eigenvalue weighted by Crippen LogP contribution is -2.57. The highest BCUT2D eigenvalue weighted by atomic mass is 16.5. The van der Waals surface area contributed by atoms with Crippen LogP contribution in [0.2, 0.25) is 0 Å². The summed E-state index contributed by atoms with van der Waals surface area (Å²) in [6.07, 6.45) is 1.06. The first-order chi connectivity index (χ1) is 14.5. The number of fused-ring (bicyclic) bond motifs is 1. The summed E-state index contributed by atoms with van der Waals surface area (Å²) >= 11 is 0. The zero-order valence-corrected chi connectivity index (χ0v) is 17.2. The van der Waals surface area contributed by atoms with Gasteiger partial charge in [0.1, 0.15) is 5.75 Å². The minimum Gasteiger partial charge on any atom is -0.480 e. The molecule has 0 spiro atoms. The van der Waals surface area contributed by atoms with Gasteiger partial charge >= 0.3 is 0 Å². The third-order valence-electron chi connectivity index (χ3n) is 5.48. The molecule has 1 saturated heterocycles. The number of pyridine rings is 1. The van der Waals surface area contributed by atoms with Crippen LogP contribution in [0.1, 0.15) is 24.2 Å². The van der Waals surface area contributed by atoms with Crippen LogP contribution in [0.3, 0.4) is 0 Å². The maximum absolute atomic E-state index is 13.1. The van der Waals surface area contributed by atoms with Crippen molar-refractivity contribution < 1.29 is 14.3 Å². The van der Waals surface area contributed by atoms with Crippen LogP contribution < -0.4 is 4.74 Å². The molecule has 1 fully saturated rings. The summed E-state index contributed by atoms with van der Waals surface area (Å²) < 4.78 is 6.02. The molecule has 2 aromatic carbocycles. The molecule has 1 aliphatic rings. The van der Waals surface area contributed by atoms with E-state index in [-0.39, 0.29) is 17.9 Å². The van der Waals surface area contributed by atoms with Crippen LogP contribution in [0.5, 0.6) is 5.75 Å². The average molecular weight is 403 g/mol. The first kappa shape index (κ1) is 19.9. The van der Waals surface area contributed by atoms with Crippen molar-refractivity contribution in [3.63, 3.8) is 0 Å². The van der Waals surface area contributed by atoms with Gasteiger partial charge in [-0.3, -0.25) is 14.6 Å². The van der Waals surface area contributed by atoms with Crippen LogP contribution in [0.4, 0.5) is 0 Å². The predicted octanol–water partition coefficient (Wildman–Crippen LogP) is 3.38. The fraction of sp³-hybridized carbons (Fsp3) is 0.292. The summed E-state index contributed by atoms with van der Waals surface area (Å²) in [5.41, 5.74) is 1.50. The van der Waals surface area contributed by atoms with Gasteiger partial charge in [0, 0.05) is 42.8 Å². The van der Waals surface area contributed by atoms with Crippen LogP contribution in [0, 0.1) is 0 Å². The van der Waals surface area contributed by atoms with Crippen LogP contribution in [-0.2, 0) is 4.79 Å². The SMILES string of the molecule is CC(Oc1ccnc2ccccc12)C(=O)N1CCN(C(=O)c2ccccc2)C[C@H]1C. The molecule has 1 aliphatic heterocycles. The van der Waals surface area contributed by atoms with Crippen LogP contribution in [0.15, 0.2) is 66.9 Å². The molecule has 2 heterocycles. The Morgan fingerprint density at radius 3 is 2.53 bits per heavy atom. The van der Waals surface area contributed by atoms with Gasteiger partial charge in [-0.2, -0.15) is 0 Å². The summed E-state index contributed by atoms with van der Waals surface area (Å²) in [4.78, 5) is 33.7. The van der Waals surface area contributed by atoms with E-state index in [0.29, 0.717) is 30.9 Å². The Kier molecular flexibility index (Phi) is 5.65. The molecule has 1 unspecified atom stereocenters. The number of amides is 2. The van der Waals surface area contributed by atoms with Crippen molar-refractivity contribution in [1.82, 2.24) is 14.8 Å². The second kappa shape index (κ2) is 8.53. The van der Waals surface area contributed by atoms with E-state index in [0.717, 1.165) is 10.9 Å². The van der Waals surface area contributed by atoms with Crippen molar-refractivity contribution >= 4 is 22.7 Å². The van der Waals surface area contributed by atoms with Crippen molar-refractivity contribution in [1.29, 1.82) is 0 Å². The lowest BCUT2D eigenvalue weighted by molar-refractivity contribution is -0.142. The van der Waals surface area contributed by atoms with Gasteiger partial charge in [-0.15, -0.1) is 0 Å². The van der Waals surface area contributed by atoms with Gasteiger partial charge in [0.2, 0.25) is 0 Å². The lowest BCUT2D eigenvalue weighted by Gasteiger charge is -2.40. The molecule has 0 saturated carbocycles. The summed E-state index contributed by atoms with van der Waals surface area (Å²) in [5, 5.41) is 0.881. The predicted molar refractivity (Wildman–Crippen MR) is 115 cm³/mol. The highest BCUT2D eigenvalue weighted by molar-refractivity contribution is 5.94. The van der Waals surface area contributed by atoms with E-state index in [1.165, 1.54) is 0 Å². The van der Waals surface area contributed by atoms with Gasteiger partial charge in [-0.25, -0.2) is 0 Å². The number of para-hydroxylation sites is 1. The molecule has 0 bridgehead atoms. The quantitative estimate of drug-likeness (QED) is 0.670. The van der Waals surface area contributed by atoms with Crippen molar-refractivity contribution in [2.24, 2.45) is 0 Å². The summed E-state index contributed by atoms with van der Waals surface area (Å²) in [7, 11) is 0. The lowest BCUT2D eigenvalue weighted by atomic mass is 10.1. The summed E-state index contributed by atoms with van der Waals surface area (Å²) in [6, 6.07) is 18.6. The maximum Gasteiger partial charge on any atom is 0.263 e. The number of carbonyl (C=O) groups excluding carboxylic acids is 2. The monoisotopic (exact) mass is 403 g/mol. The van der Waals surface area contributed by atoms with E-state index in [2.05, 4.69) is 4.98 Å². The molecule has 2 amide bonds. The molecule has 6 heteroatoms. The number of hydrogen-bond donors (Lipinski definition) is 0. The number of aromatic nitrogens is 1. The average Bonchev–Trinajstić information content (AvgIpc) is 2.79. The molecule has 0 radical (unpaired) electrons. The minimum absolute atomic E-state index is 0.00195. The van der Waals surface area contributed by atoms with Gasteiger partial charge in [0.25, 0.3) is 11.8 Å². The van der Waals surface area contributed by atoms with Gasteiger partial charge < -0.3 is 14.5 Å². The number of ether oxygens (including phenoxy) is 1. The van der Waals surface area contributed by atoms with E-state index in [9.17, 15) is 9.59 Å². The van der Waals surface area contributed by atoms with Crippen LogP contribution in [-0.4, -0.2) is 58.4 Å². The van der Waals surface area contributed by atoms with Crippen molar-refractivity contribution in [3.8, 4) is 5.75 Å². The van der Waals surface area contributed by atoms with Crippen molar-refractivity contribution in [3.05, 3.63) is 72.4 Å². The molecule has 2 atom stereocenters. The maximum atomic E-state index is 13.1. The van der Waals surface area contributed by atoms with E-state index < -0.39 is 6.10 Å². The number of hydrogen-bond acceptors (Lipinski definition) is 4. The van der Waals surface area contributed by atoms with E-state index in [1.54, 1.807) is 19.2 Å². The van der Waals surface area contributed by atoms with E-state index in [4.69, 9.17) is 4.74 Å². The number of piperazine rings is 1. The normalized spacial score (nSPS) is 17.6. The van der Waals surface area contributed by atoms with Crippen LogP contribution >= 0.6 is 0 Å². The van der Waals surface area contributed by atoms with Crippen LogP contribution in [0.25, 0.3) is 10.9 Å². The number of carbonyl (C=O) groups is 2. The molecule has 6 nitrogen and oxygen atoms in total. The van der Waals surface area contributed by atoms with Gasteiger partial charge in [-0.1, -0.05) is 30.3 Å². The van der Waals surface area contributed by atoms with E-state index >= 15 is 0 Å². The first-order valence-corrected chi connectivity index (χ1v) is 10.2. The molecule has 0 aliphatic carbocycles. The highest BCUT2D eigenvalue weighted by Crippen LogP contribution is 2.25. The van der Waals surface area contributed by atoms with Crippen molar-refractivity contribution in [2.75, 3.05) is 19.6 Å². The Morgan fingerprint density at radius 2 is 1.77 bits per heavy atom. The Bertz CT molecular complexity index is 1050. The molecular weight excluding hydrogens is 378 g/mol. The van der Waals surface area contributed by atoms with Crippen molar-refractivity contribution in [2.45, 2.75) is 26.0 Å². The summed E-state index contributed by atoms with van der Waals surface area (Å²) in [6.45, 7) is 5.24. The van der Waals surface area contributed by atoms with Gasteiger partial charge in [0.15, 0.2) is 6.10 Å². The molecule has 0 N–H and O–H groups in total. The Morgan fingerprint density at radius 1 is 1.03 bits per heavy atom. The van der Waals surface area contributed by atoms with Gasteiger partial charge in [-0.05, 0) is 44.2 Å². The Labute approximate surface area is 176 Å². The molecule has 30 heavy (non-hydrogen) atoms. The molecule has 4 rings (SSSR count). The zero-order valence-electron chi connectivity index (χ0n) is 17.2. The standard InChI is InChI=1S/C24H25N3O3/c1-17-16-26(24(29)19-8-4-3-5-9-19)14-15-27(17)23(28)18(2)30-22-12-13-25-21-11-7-6-10-20(21)22/h3-13,17-18H,14-16H2,1-2H3/t17-,18?/m1/s1. The molecular formula is C24H25N3O3. The molecule has 1 aromatic heterocycles. The smallest absolute Gasteiger partial charge is 0.263 e. The minimum atomic E-state index is -0.630. The third kappa shape index (κ3) is 3.99. The zero-order chi connectivity index (χ0) is 21.1. The fourth-order valence-corrected chi connectivity index (χ4v) is 3.88. The highest BCUT2D eigenvalue weighted by Gasteiger charge is 2.33. The second-order valence-corrected chi connectivity index (χ2v) is 7.58. The fourth-order valence-electron chi connectivity index (χ4n) is 3.88. The van der Waals surface area contributed by atoms with Gasteiger partial charge in [0.05, 0.1) is 5.52 Å². The molecule has 154 valence electrons. The second-order valence-electron chi connectivity index (χ2n) is 7.58. The Balaban J connectivity index is 1.42. The molecule has 3 aromatic rings. The number of rotatable bonds is 4.